The molecule has 3 rings (SSSR count). The lowest BCUT2D eigenvalue weighted by atomic mass is 10.1. The van der Waals surface area contributed by atoms with Crippen molar-refractivity contribution in [3.05, 3.63) is 76.1 Å². The Hall–Kier alpha value is -2.81. The number of amides is 1. The SMILES string of the molecule is C[C@@H](OC(=O)Nc1c(-c2ccc(Br)cc2)c(F)cn1C)c1cccc(C(F)(F)F)c1. The Morgan fingerprint density at radius 2 is 1.83 bits per heavy atom. The first kappa shape index (κ1) is 21.9. The van der Waals surface area contributed by atoms with Crippen LogP contribution in [0.4, 0.5) is 28.2 Å². The van der Waals surface area contributed by atoms with E-state index in [0.29, 0.717) is 5.56 Å². The molecule has 0 bridgehead atoms. The third-order valence-electron chi connectivity index (χ3n) is 4.46. The number of hydrogen-bond donors (Lipinski definition) is 1. The lowest BCUT2D eigenvalue weighted by Gasteiger charge is -2.17. The Balaban J connectivity index is 1.79. The summed E-state index contributed by atoms with van der Waals surface area (Å²) in [6.45, 7) is 1.45. The fourth-order valence-corrected chi connectivity index (χ4v) is 3.22. The molecule has 0 radical (unpaired) electrons. The van der Waals surface area contributed by atoms with Crippen molar-refractivity contribution < 1.29 is 27.1 Å². The Kier molecular flexibility index (Phi) is 6.21. The number of hydrogen-bond acceptors (Lipinski definition) is 2. The monoisotopic (exact) mass is 484 g/mol. The summed E-state index contributed by atoms with van der Waals surface area (Å²) in [6, 6.07) is 11.4. The van der Waals surface area contributed by atoms with Crippen LogP contribution in [0.1, 0.15) is 24.2 Å². The highest BCUT2D eigenvalue weighted by Crippen LogP contribution is 2.34. The molecule has 1 N–H and O–H groups in total. The van der Waals surface area contributed by atoms with Crippen LogP contribution in [0.25, 0.3) is 11.1 Å². The summed E-state index contributed by atoms with van der Waals surface area (Å²) in [4.78, 5) is 12.4. The average molecular weight is 485 g/mol. The molecular formula is C21H17BrF4N2O2. The number of aryl methyl sites for hydroxylation is 1. The van der Waals surface area contributed by atoms with E-state index in [1.165, 1.54) is 29.8 Å². The van der Waals surface area contributed by atoms with E-state index < -0.39 is 29.8 Å². The lowest BCUT2D eigenvalue weighted by molar-refractivity contribution is -0.137. The first-order valence-electron chi connectivity index (χ1n) is 8.82. The van der Waals surface area contributed by atoms with Crippen molar-refractivity contribution in [2.45, 2.75) is 19.2 Å². The summed E-state index contributed by atoms with van der Waals surface area (Å²) >= 11 is 3.31. The minimum atomic E-state index is -4.50. The fraction of sp³-hybridized carbons (Fsp3) is 0.190. The maximum absolute atomic E-state index is 14.5. The number of halogens is 5. The van der Waals surface area contributed by atoms with Crippen LogP contribution < -0.4 is 5.32 Å². The highest BCUT2D eigenvalue weighted by atomic mass is 79.9. The van der Waals surface area contributed by atoms with Crippen LogP contribution in [0.3, 0.4) is 0 Å². The third-order valence-corrected chi connectivity index (χ3v) is 4.98. The van der Waals surface area contributed by atoms with Crippen LogP contribution in [0, 0.1) is 5.82 Å². The van der Waals surface area contributed by atoms with Gasteiger partial charge in [-0.3, -0.25) is 5.32 Å². The first-order valence-corrected chi connectivity index (χ1v) is 9.61. The van der Waals surface area contributed by atoms with Gasteiger partial charge in [0.15, 0.2) is 5.82 Å². The van der Waals surface area contributed by atoms with Crippen molar-refractivity contribution in [3.63, 3.8) is 0 Å². The average Bonchev–Trinajstić information content (AvgIpc) is 2.95. The van der Waals surface area contributed by atoms with Crippen LogP contribution in [-0.2, 0) is 18.0 Å². The largest absolute Gasteiger partial charge is 0.441 e. The molecule has 9 heteroatoms. The van der Waals surface area contributed by atoms with Crippen molar-refractivity contribution in [3.8, 4) is 11.1 Å². The second kappa shape index (κ2) is 8.51. The number of aromatic nitrogens is 1. The van der Waals surface area contributed by atoms with Gasteiger partial charge in [0.05, 0.1) is 11.1 Å². The van der Waals surface area contributed by atoms with Gasteiger partial charge in [-0.05, 0) is 42.3 Å². The minimum absolute atomic E-state index is 0.163. The molecule has 0 aliphatic carbocycles. The predicted molar refractivity (Wildman–Crippen MR) is 108 cm³/mol. The Bertz CT molecular complexity index is 1060. The normalized spacial score (nSPS) is 12.5. The summed E-state index contributed by atoms with van der Waals surface area (Å²) in [6.07, 6.45) is -5.16. The Morgan fingerprint density at radius 1 is 1.17 bits per heavy atom. The first-order chi connectivity index (χ1) is 14.1. The lowest BCUT2D eigenvalue weighted by Crippen LogP contribution is -2.18. The molecule has 0 aliphatic heterocycles. The molecular weight excluding hydrogens is 468 g/mol. The number of nitrogens with one attached hydrogen (secondary N) is 1. The number of anilines is 1. The maximum Gasteiger partial charge on any atom is 0.416 e. The summed E-state index contributed by atoms with van der Waals surface area (Å²) < 4.78 is 60.6. The quantitative estimate of drug-likeness (QED) is 0.408. The second-order valence-corrected chi connectivity index (χ2v) is 7.53. The van der Waals surface area contributed by atoms with Gasteiger partial charge in [0, 0.05) is 17.7 Å². The predicted octanol–water partition coefficient (Wildman–Crippen LogP) is 6.92. The van der Waals surface area contributed by atoms with Gasteiger partial charge in [-0.2, -0.15) is 13.2 Å². The zero-order valence-electron chi connectivity index (χ0n) is 15.9. The molecule has 0 spiro atoms. The van der Waals surface area contributed by atoms with E-state index in [1.54, 1.807) is 31.3 Å². The molecule has 2 aromatic carbocycles. The van der Waals surface area contributed by atoms with Crippen LogP contribution in [0.5, 0.6) is 0 Å². The molecule has 3 aromatic rings. The summed E-state index contributed by atoms with van der Waals surface area (Å²) in [5.41, 5.74) is 0.0651. The molecule has 158 valence electrons. The molecule has 0 unspecified atom stereocenters. The maximum atomic E-state index is 14.5. The molecule has 1 heterocycles. The summed E-state index contributed by atoms with van der Waals surface area (Å²) in [7, 11) is 1.55. The highest BCUT2D eigenvalue weighted by Gasteiger charge is 2.31. The van der Waals surface area contributed by atoms with Gasteiger partial charge in [-0.15, -0.1) is 0 Å². The zero-order chi connectivity index (χ0) is 22.1. The molecule has 0 aliphatic rings. The van der Waals surface area contributed by atoms with E-state index in [2.05, 4.69) is 21.2 Å². The van der Waals surface area contributed by atoms with E-state index in [-0.39, 0.29) is 16.9 Å². The molecule has 0 saturated heterocycles. The molecule has 4 nitrogen and oxygen atoms in total. The third kappa shape index (κ3) is 4.84. The second-order valence-electron chi connectivity index (χ2n) is 6.61. The van der Waals surface area contributed by atoms with Crippen molar-refractivity contribution in [1.82, 2.24) is 4.57 Å². The summed E-state index contributed by atoms with van der Waals surface area (Å²) in [5, 5.41) is 2.49. The van der Waals surface area contributed by atoms with Crippen LogP contribution in [0.2, 0.25) is 0 Å². The van der Waals surface area contributed by atoms with Gasteiger partial charge in [0.1, 0.15) is 11.9 Å². The van der Waals surface area contributed by atoms with Crippen molar-refractivity contribution in [2.24, 2.45) is 7.05 Å². The number of alkyl halides is 3. The minimum Gasteiger partial charge on any atom is -0.441 e. The van der Waals surface area contributed by atoms with Gasteiger partial charge in [-0.1, -0.05) is 40.2 Å². The number of rotatable bonds is 4. The molecule has 0 fully saturated rings. The molecule has 30 heavy (non-hydrogen) atoms. The number of carbonyl (C=O) groups is 1. The number of ether oxygens (including phenoxy) is 1. The van der Waals surface area contributed by atoms with E-state index in [0.717, 1.165) is 16.6 Å². The number of carbonyl (C=O) groups excluding carboxylic acids is 1. The van der Waals surface area contributed by atoms with E-state index in [1.807, 2.05) is 0 Å². The molecule has 1 atom stereocenters. The van der Waals surface area contributed by atoms with Gasteiger partial charge in [0.2, 0.25) is 0 Å². The Labute approximate surface area is 178 Å². The van der Waals surface area contributed by atoms with Gasteiger partial charge in [-0.25, -0.2) is 9.18 Å². The standard InChI is InChI=1S/C21H17BrF4N2O2/c1-12(14-4-3-5-15(10-14)21(24,25)26)30-20(29)27-19-18(17(23)11-28(19)2)13-6-8-16(22)9-7-13/h3-12H,1-2H3,(H,27,29)/t12-/m1/s1. The van der Waals surface area contributed by atoms with E-state index in [9.17, 15) is 22.4 Å². The van der Waals surface area contributed by atoms with Gasteiger partial charge >= 0.3 is 12.3 Å². The van der Waals surface area contributed by atoms with Crippen LogP contribution >= 0.6 is 15.9 Å². The zero-order valence-corrected chi connectivity index (χ0v) is 17.5. The highest BCUT2D eigenvalue weighted by molar-refractivity contribution is 9.10. The van der Waals surface area contributed by atoms with E-state index >= 15 is 0 Å². The van der Waals surface area contributed by atoms with Crippen molar-refractivity contribution in [1.29, 1.82) is 0 Å². The van der Waals surface area contributed by atoms with E-state index in [4.69, 9.17) is 4.74 Å². The molecule has 1 aromatic heterocycles. The van der Waals surface area contributed by atoms with Gasteiger partial charge in [0.25, 0.3) is 0 Å². The van der Waals surface area contributed by atoms with Crippen molar-refractivity contribution >= 4 is 27.8 Å². The van der Waals surface area contributed by atoms with Crippen LogP contribution in [0.15, 0.2) is 59.2 Å². The topological polar surface area (TPSA) is 43.3 Å². The molecule has 1 amide bonds. The summed E-state index contributed by atoms with van der Waals surface area (Å²) in [5.74, 6) is -0.378. The fourth-order valence-electron chi connectivity index (χ4n) is 2.95. The number of nitrogens with zero attached hydrogens (tertiary/aromatic N) is 1. The van der Waals surface area contributed by atoms with Crippen molar-refractivity contribution in [2.75, 3.05) is 5.32 Å². The number of benzene rings is 2. The van der Waals surface area contributed by atoms with Crippen LogP contribution in [-0.4, -0.2) is 10.7 Å². The van der Waals surface area contributed by atoms with Gasteiger partial charge < -0.3 is 9.30 Å². The Morgan fingerprint density at radius 3 is 2.47 bits per heavy atom. The smallest absolute Gasteiger partial charge is 0.416 e. The molecule has 0 saturated carbocycles.